The third kappa shape index (κ3) is 20.0. The zero-order chi connectivity index (χ0) is 15.4. The minimum absolute atomic E-state index is 0.874. The average molecular weight is 298 g/mol. The molecule has 0 heterocycles. The maximum absolute atomic E-state index is 8.57. The molecule has 0 aliphatic rings. The molecule has 1 nitrogen and oxygen atoms in total. The van der Waals surface area contributed by atoms with E-state index >= 15 is 0 Å². The molecule has 0 rings (SSSR count). The molecule has 1 N–H and O–H groups in total. The molecule has 0 aliphatic heterocycles. The van der Waals surface area contributed by atoms with E-state index in [0.29, 0.717) is 0 Å². The van der Waals surface area contributed by atoms with Crippen LogP contribution in [-0.4, -0.2) is 5.11 Å². The van der Waals surface area contributed by atoms with Crippen LogP contribution in [0, 0.1) is 6.61 Å². The van der Waals surface area contributed by atoms with Gasteiger partial charge in [0.1, 0.15) is 0 Å². The van der Waals surface area contributed by atoms with Crippen molar-refractivity contribution in [1.82, 2.24) is 0 Å². The van der Waals surface area contributed by atoms with Crippen LogP contribution in [-0.2, 0) is 0 Å². The van der Waals surface area contributed by atoms with Crippen LogP contribution in [0.15, 0.2) is 0 Å². The van der Waals surface area contributed by atoms with Gasteiger partial charge < -0.3 is 5.11 Å². The molecule has 1 heteroatoms. The molecule has 0 aromatic heterocycles. The summed E-state index contributed by atoms with van der Waals surface area (Å²) in [4.78, 5) is 0. The van der Waals surface area contributed by atoms with Gasteiger partial charge in [0.25, 0.3) is 0 Å². The van der Waals surface area contributed by atoms with Gasteiger partial charge in [-0.05, 0) is 6.42 Å². The summed E-state index contributed by atoms with van der Waals surface area (Å²) in [6, 6.07) is 0. The molecule has 0 amide bonds. The van der Waals surface area contributed by atoms with Crippen LogP contribution >= 0.6 is 0 Å². The Morgan fingerprint density at radius 1 is 0.476 bits per heavy atom. The molecule has 0 bridgehead atoms. The third-order valence-electron chi connectivity index (χ3n) is 4.44. The average Bonchev–Trinajstić information content (AvgIpc) is 2.50. The molecule has 0 saturated heterocycles. The van der Waals surface area contributed by atoms with Gasteiger partial charge in [-0.1, -0.05) is 116 Å². The van der Waals surface area contributed by atoms with E-state index in [1.807, 2.05) is 0 Å². The Bertz CT molecular complexity index is 149. The highest BCUT2D eigenvalue weighted by Gasteiger charge is 1.94. The van der Waals surface area contributed by atoms with Crippen LogP contribution in [0.1, 0.15) is 122 Å². The Hall–Kier alpha value is -0.0400. The first-order chi connectivity index (χ1) is 10.4. The lowest BCUT2D eigenvalue weighted by Crippen LogP contribution is -1.84. The van der Waals surface area contributed by atoms with E-state index in [-0.39, 0.29) is 0 Å². The molecule has 1 radical (unpaired) electrons. The van der Waals surface area contributed by atoms with Gasteiger partial charge >= 0.3 is 0 Å². The number of rotatable bonds is 18. The Balaban J connectivity index is 2.90. The van der Waals surface area contributed by atoms with E-state index in [4.69, 9.17) is 5.11 Å². The monoisotopic (exact) mass is 297 g/mol. The first-order valence-electron chi connectivity index (χ1n) is 9.87. The quantitative estimate of drug-likeness (QED) is 0.259. The van der Waals surface area contributed by atoms with Gasteiger partial charge in [-0.15, -0.1) is 0 Å². The Morgan fingerprint density at radius 2 is 0.762 bits per heavy atom. The smallest absolute Gasteiger partial charge is 0.0799 e. The van der Waals surface area contributed by atoms with E-state index in [1.54, 1.807) is 0 Å². The van der Waals surface area contributed by atoms with Gasteiger partial charge in [-0.25, -0.2) is 0 Å². The summed E-state index contributed by atoms with van der Waals surface area (Å²) in [6.07, 6.45) is 24.8. The highest BCUT2D eigenvalue weighted by molar-refractivity contribution is 4.51. The van der Waals surface area contributed by atoms with Crippen molar-refractivity contribution in [3.63, 3.8) is 0 Å². The standard InChI is InChI=1S/C20H41O/c1-2-3-4-5-6-7-8-9-10-11-12-13-14-15-16-17-18-19-20-21/h20-21H,2-19H2,1H3. The molecule has 127 valence electrons. The normalized spacial score (nSPS) is 11.1. The molecule has 0 aliphatic carbocycles. The van der Waals surface area contributed by atoms with Crippen LogP contribution in [0.5, 0.6) is 0 Å². The van der Waals surface area contributed by atoms with Gasteiger partial charge in [0.15, 0.2) is 0 Å². The van der Waals surface area contributed by atoms with Crippen LogP contribution in [0.25, 0.3) is 0 Å². The van der Waals surface area contributed by atoms with Crippen LogP contribution in [0.2, 0.25) is 0 Å². The van der Waals surface area contributed by atoms with E-state index in [2.05, 4.69) is 6.92 Å². The second kappa shape index (κ2) is 20.0. The van der Waals surface area contributed by atoms with Crippen molar-refractivity contribution in [2.45, 2.75) is 122 Å². The summed E-state index contributed by atoms with van der Waals surface area (Å²) in [6.45, 7) is 3.58. The first-order valence-corrected chi connectivity index (χ1v) is 9.87. The van der Waals surface area contributed by atoms with Gasteiger partial charge in [0.05, 0.1) is 6.61 Å². The second-order valence-corrected chi connectivity index (χ2v) is 6.63. The summed E-state index contributed by atoms with van der Waals surface area (Å²) >= 11 is 0. The number of aliphatic hydroxyl groups is 1. The molecule has 0 atom stereocenters. The lowest BCUT2D eigenvalue weighted by molar-refractivity contribution is 0.367. The molecule has 0 aromatic rings. The Morgan fingerprint density at radius 3 is 1.05 bits per heavy atom. The summed E-state index contributed by atoms with van der Waals surface area (Å²) in [5.41, 5.74) is 0. The van der Waals surface area contributed by atoms with Crippen molar-refractivity contribution in [2.75, 3.05) is 0 Å². The van der Waals surface area contributed by atoms with Crippen LogP contribution in [0.4, 0.5) is 0 Å². The fourth-order valence-electron chi connectivity index (χ4n) is 2.96. The molecule has 0 spiro atoms. The zero-order valence-electron chi connectivity index (χ0n) is 14.8. The summed E-state index contributed by atoms with van der Waals surface area (Å²) in [5, 5.41) is 8.57. The van der Waals surface area contributed by atoms with Gasteiger partial charge in [0, 0.05) is 0 Å². The fourth-order valence-corrected chi connectivity index (χ4v) is 2.96. The molecule has 0 fully saturated rings. The highest BCUT2D eigenvalue weighted by Crippen LogP contribution is 2.14. The van der Waals surface area contributed by atoms with Crippen molar-refractivity contribution in [3.8, 4) is 0 Å². The Kier molecular flexibility index (Phi) is 19.9. The predicted molar refractivity (Wildman–Crippen MR) is 95.0 cm³/mol. The molecular formula is C20H41O. The molecule has 0 unspecified atom stereocenters. The number of unbranched alkanes of at least 4 members (excludes halogenated alkanes) is 17. The van der Waals surface area contributed by atoms with E-state index in [0.717, 1.165) is 12.8 Å². The number of aliphatic hydroxyl groups excluding tert-OH is 1. The van der Waals surface area contributed by atoms with Crippen LogP contribution in [0.3, 0.4) is 0 Å². The topological polar surface area (TPSA) is 20.2 Å². The molecular weight excluding hydrogens is 256 g/mol. The Labute approximate surface area is 134 Å². The van der Waals surface area contributed by atoms with Crippen molar-refractivity contribution in [1.29, 1.82) is 0 Å². The maximum atomic E-state index is 8.57. The van der Waals surface area contributed by atoms with Gasteiger partial charge in [-0.2, -0.15) is 0 Å². The van der Waals surface area contributed by atoms with Crippen molar-refractivity contribution >= 4 is 0 Å². The van der Waals surface area contributed by atoms with Crippen molar-refractivity contribution < 1.29 is 5.11 Å². The maximum Gasteiger partial charge on any atom is 0.0799 e. The summed E-state index contributed by atoms with van der Waals surface area (Å²) in [5.74, 6) is 0. The fraction of sp³-hybridized carbons (Fsp3) is 0.950. The number of hydrogen-bond acceptors (Lipinski definition) is 1. The number of hydrogen-bond donors (Lipinski definition) is 1. The molecule has 0 aromatic carbocycles. The molecule has 21 heavy (non-hydrogen) atoms. The highest BCUT2D eigenvalue weighted by atomic mass is 16.2. The van der Waals surface area contributed by atoms with E-state index < -0.39 is 0 Å². The minimum Gasteiger partial charge on any atom is -0.390 e. The first kappa shape index (κ1) is 21.0. The summed E-state index contributed by atoms with van der Waals surface area (Å²) in [7, 11) is 0. The SMILES string of the molecule is CCCCCCCCCCCCCCCCCCC[CH]O. The lowest BCUT2D eigenvalue weighted by atomic mass is 10.0. The van der Waals surface area contributed by atoms with Crippen molar-refractivity contribution in [3.05, 3.63) is 6.61 Å². The van der Waals surface area contributed by atoms with Gasteiger partial charge in [0.2, 0.25) is 0 Å². The van der Waals surface area contributed by atoms with Crippen molar-refractivity contribution in [2.24, 2.45) is 0 Å². The minimum atomic E-state index is 0.874. The van der Waals surface area contributed by atoms with Crippen LogP contribution < -0.4 is 0 Å². The summed E-state index contributed by atoms with van der Waals surface area (Å²) < 4.78 is 0. The molecule has 0 saturated carbocycles. The third-order valence-corrected chi connectivity index (χ3v) is 4.44. The van der Waals surface area contributed by atoms with E-state index in [9.17, 15) is 0 Å². The largest absolute Gasteiger partial charge is 0.390 e. The second-order valence-electron chi connectivity index (χ2n) is 6.63. The van der Waals surface area contributed by atoms with E-state index in [1.165, 1.54) is 109 Å². The zero-order valence-corrected chi connectivity index (χ0v) is 14.8. The lowest BCUT2D eigenvalue weighted by Gasteiger charge is -2.03. The van der Waals surface area contributed by atoms with Gasteiger partial charge in [-0.3, -0.25) is 0 Å². The predicted octanol–water partition coefficient (Wildman–Crippen LogP) is 7.56.